The smallest absolute Gasteiger partial charge is 0.303 e. The summed E-state index contributed by atoms with van der Waals surface area (Å²) in [5, 5.41) is 12.5. The van der Waals surface area contributed by atoms with Crippen molar-refractivity contribution in [2.45, 2.75) is 30.2 Å². The molecular weight excluding hydrogens is 423 g/mol. The number of hydrogen-bond acceptors (Lipinski definition) is 4. The van der Waals surface area contributed by atoms with Crippen LogP contribution in [0.2, 0.25) is 5.02 Å². The molecular formula is C19H22Cl2N2O4S. The molecule has 1 unspecified atom stereocenters. The van der Waals surface area contributed by atoms with E-state index in [-0.39, 0.29) is 29.8 Å². The summed E-state index contributed by atoms with van der Waals surface area (Å²) in [6, 6.07) is 11.9. The van der Waals surface area contributed by atoms with Gasteiger partial charge in [-0.3, -0.25) is 9.10 Å². The van der Waals surface area contributed by atoms with E-state index >= 15 is 0 Å². The van der Waals surface area contributed by atoms with Gasteiger partial charge in [0.1, 0.15) is 0 Å². The van der Waals surface area contributed by atoms with Crippen molar-refractivity contribution in [1.82, 2.24) is 5.32 Å². The Hall–Kier alpha value is -1.80. The van der Waals surface area contributed by atoms with Gasteiger partial charge in [-0.1, -0.05) is 35.9 Å². The number of para-hydroxylation sites is 1. The van der Waals surface area contributed by atoms with Crippen molar-refractivity contribution in [1.29, 1.82) is 0 Å². The van der Waals surface area contributed by atoms with Crippen LogP contribution in [0.25, 0.3) is 0 Å². The maximum atomic E-state index is 13.1. The van der Waals surface area contributed by atoms with Crippen molar-refractivity contribution in [2.75, 3.05) is 17.9 Å². The summed E-state index contributed by atoms with van der Waals surface area (Å²) < 4.78 is 27.5. The summed E-state index contributed by atoms with van der Waals surface area (Å²) in [5.74, 6) is -0.817. The highest BCUT2D eigenvalue weighted by Crippen LogP contribution is 2.40. The average Bonchev–Trinajstić information content (AvgIpc) is 2.70. The second-order valence-electron chi connectivity index (χ2n) is 6.45. The number of anilines is 1. The number of carboxylic acids is 1. The van der Waals surface area contributed by atoms with Gasteiger partial charge in [0.25, 0.3) is 10.0 Å². The van der Waals surface area contributed by atoms with Gasteiger partial charge >= 0.3 is 5.97 Å². The van der Waals surface area contributed by atoms with Crippen LogP contribution in [0, 0.1) is 0 Å². The number of carbonyl (C=O) groups is 1. The lowest BCUT2D eigenvalue weighted by Crippen LogP contribution is -2.26. The van der Waals surface area contributed by atoms with E-state index in [1.54, 1.807) is 24.3 Å². The van der Waals surface area contributed by atoms with E-state index in [4.69, 9.17) is 16.7 Å². The third-order valence-corrected chi connectivity index (χ3v) is 6.74. The quantitative estimate of drug-likeness (QED) is 0.660. The molecule has 0 spiro atoms. The lowest BCUT2D eigenvalue weighted by atomic mass is 9.96. The van der Waals surface area contributed by atoms with Gasteiger partial charge in [0.2, 0.25) is 0 Å². The summed E-state index contributed by atoms with van der Waals surface area (Å²) >= 11 is 6.08. The molecule has 0 bridgehead atoms. The molecule has 0 saturated heterocycles. The molecule has 0 aromatic heterocycles. The van der Waals surface area contributed by atoms with Gasteiger partial charge in [0.15, 0.2) is 0 Å². The second-order valence-corrected chi connectivity index (χ2v) is 8.83. The molecule has 1 heterocycles. The zero-order chi connectivity index (χ0) is 19.6. The van der Waals surface area contributed by atoms with Gasteiger partial charge in [0.05, 0.1) is 16.6 Å². The van der Waals surface area contributed by atoms with E-state index in [2.05, 4.69) is 5.32 Å². The first-order valence-corrected chi connectivity index (χ1v) is 10.5. The Morgan fingerprint density at radius 1 is 1.18 bits per heavy atom. The van der Waals surface area contributed by atoms with Gasteiger partial charge < -0.3 is 10.4 Å². The number of rotatable bonds is 6. The summed E-state index contributed by atoms with van der Waals surface area (Å²) in [5.41, 5.74) is 2.09. The van der Waals surface area contributed by atoms with Gasteiger partial charge in [-0.05, 0) is 48.7 Å². The standard InChI is InChI=1S/C19H21ClN2O4S.ClH/c1-22-16-7-3-2-6-14(16)19(21-11-5-4-8-18(23)24)15-10-9-13(20)12-17(15)27(22,25)26;/h2-3,6-7,9-10,12,19,21H,4-5,8,11H2,1H3,(H,23,24);1H. The fourth-order valence-electron chi connectivity index (χ4n) is 3.30. The van der Waals surface area contributed by atoms with E-state index in [1.165, 1.54) is 17.4 Å². The van der Waals surface area contributed by atoms with Crippen molar-refractivity contribution in [3.05, 3.63) is 58.6 Å². The summed E-state index contributed by atoms with van der Waals surface area (Å²) in [4.78, 5) is 10.8. The number of unbranched alkanes of at least 4 members (excludes halogenated alkanes) is 1. The van der Waals surface area contributed by atoms with Gasteiger partial charge in [-0.2, -0.15) is 0 Å². The van der Waals surface area contributed by atoms with Crippen LogP contribution in [-0.2, 0) is 14.8 Å². The normalized spacial score (nSPS) is 17.1. The highest BCUT2D eigenvalue weighted by molar-refractivity contribution is 7.92. The fraction of sp³-hybridized carbons (Fsp3) is 0.316. The first kappa shape index (κ1) is 22.5. The van der Waals surface area contributed by atoms with Gasteiger partial charge in [-0.15, -0.1) is 12.4 Å². The molecule has 9 heteroatoms. The summed E-state index contributed by atoms with van der Waals surface area (Å²) in [6.45, 7) is 0.568. The first-order valence-electron chi connectivity index (χ1n) is 8.65. The molecule has 2 aromatic carbocycles. The number of fused-ring (bicyclic) bond motifs is 2. The van der Waals surface area contributed by atoms with Gasteiger partial charge in [0, 0.05) is 18.5 Å². The molecule has 1 atom stereocenters. The largest absolute Gasteiger partial charge is 0.481 e. The Kier molecular flexibility index (Phi) is 7.33. The minimum atomic E-state index is -3.74. The molecule has 1 aliphatic heterocycles. The van der Waals surface area contributed by atoms with Crippen molar-refractivity contribution in [3.8, 4) is 0 Å². The predicted octanol–water partition coefficient (Wildman–Crippen LogP) is 3.83. The van der Waals surface area contributed by atoms with Crippen LogP contribution in [0.4, 0.5) is 5.69 Å². The molecule has 0 aliphatic carbocycles. The average molecular weight is 445 g/mol. The first-order chi connectivity index (χ1) is 12.8. The van der Waals surface area contributed by atoms with E-state index in [1.807, 2.05) is 12.1 Å². The Labute approximate surface area is 176 Å². The van der Waals surface area contributed by atoms with Crippen LogP contribution in [-0.4, -0.2) is 33.1 Å². The molecule has 152 valence electrons. The minimum absolute atomic E-state index is 0. The monoisotopic (exact) mass is 444 g/mol. The number of benzene rings is 2. The van der Waals surface area contributed by atoms with E-state index in [9.17, 15) is 13.2 Å². The summed E-state index contributed by atoms with van der Waals surface area (Å²) in [7, 11) is -2.21. The fourth-order valence-corrected chi connectivity index (χ4v) is 5.02. The lowest BCUT2D eigenvalue weighted by Gasteiger charge is -2.22. The maximum Gasteiger partial charge on any atom is 0.303 e. The van der Waals surface area contributed by atoms with E-state index < -0.39 is 16.0 Å². The van der Waals surface area contributed by atoms with Crippen LogP contribution in [0.5, 0.6) is 0 Å². The number of halogens is 2. The van der Waals surface area contributed by atoms with Crippen molar-refractivity contribution < 1.29 is 18.3 Å². The van der Waals surface area contributed by atoms with Crippen molar-refractivity contribution >= 4 is 45.7 Å². The molecule has 6 nitrogen and oxygen atoms in total. The Bertz CT molecular complexity index is 966. The van der Waals surface area contributed by atoms with Crippen LogP contribution >= 0.6 is 24.0 Å². The molecule has 0 fully saturated rings. The van der Waals surface area contributed by atoms with Crippen molar-refractivity contribution in [2.24, 2.45) is 0 Å². The molecule has 28 heavy (non-hydrogen) atoms. The molecule has 0 radical (unpaired) electrons. The van der Waals surface area contributed by atoms with Crippen LogP contribution < -0.4 is 9.62 Å². The number of nitrogens with zero attached hydrogens (tertiary/aromatic N) is 1. The number of nitrogens with one attached hydrogen (secondary N) is 1. The lowest BCUT2D eigenvalue weighted by molar-refractivity contribution is -0.137. The Morgan fingerprint density at radius 2 is 1.89 bits per heavy atom. The van der Waals surface area contributed by atoms with Gasteiger partial charge in [-0.25, -0.2) is 8.42 Å². The van der Waals surface area contributed by atoms with Crippen LogP contribution in [0.15, 0.2) is 47.4 Å². The number of hydrogen-bond donors (Lipinski definition) is 2. The van der Waals surface area contributed by atoms with Crippen LogP contribution in [0.3, 0.4) is 0 Å². The summed E-state index contributed by atoms with van der Waals surface area (Å²) in [6.07, 6.45) is 1.35. The molecule has 2 N–H and O–H groups in total. The van der Waals surface area contributed by atoms with Crippen LogP contribution in [0.1, 0.15) is 36.4 Å². The molecule has 3 rings (SSSR count). The zero-order valence-corrected chi connectivity index (χ0v) is 17.6. The third-order valence-electron chi connectivity index (χ3n) is 4.68. The molecule has 1 aliphatic rings. The Balaban J connectivity index is 0.00000280. The number of carboxylic acid groups (broad SMARTS) is 1. The zero-order valence-electron chi connectivity index (χ0n) is 15.3. The van der Waals surface area contributed by atoms with Crippen molar-refractivity contribution in [3.63, 3.8) is 0 Å². The van der Waals surface area contributed by atoms with E-state index in [0.29, 0.717) is 35.7 Å². The highest BCUT2D eigenvalue weighted by atomic mass is 35.5. The maximum absolute atomic E-state index is 13.1. The number of sulfonamides is 1. The predicted molar refractivity (Wildman–Crippen MR) is 112 cm³/mol. The Morgan fingerprint density at radius 3 is 2.61 bits per heavy atom. The topological polar surface area (TPSA) is 86.7 Å². The molecule has 0 saturated carbocycles. The molecule has 2 aromatic rings. The second kappa shape index (κ2) is 9.13. The highest BCUT2D eigenvalue weighted by Gasteiger charge is 2.34. The molecule has 0 amide bonds. The number of aliphatic carboxylic acids is 1. The third kappa shape index (κ3) is 4.43. The SMILES string of the molecule is CN1c2ccccc2C(NCCCCC(=O)O)c2ccc(Cl)cc2S1(=O)=O.Cl. The minimum Gasteiger partial charge on any atom is -0.481 e. The van der Waals surface area contributed by atoms with E-state index in [0.717, 1.165) is 5.56 Å².